The zero-order valence-electron chi connectivity index (χ0n) is 7.13. The molecule has 1 heterocycles. The van der Waals surface area contributed by atoms with E-state index in [4.69, 9.17) is 4.74 Å². The summed E-state index contributed by atoms with van der Waals surface area (Å²) in [4.78, 5) is 0. The maximum Gasteiger partial charge on any atom is 0.1000 e. The van der Waals surface area contributed by atoms with Crippen molar-refractivity contribution in [2.75, 3.05) is 6.61 Å². The van der Waals surface area contributed by atoms with Crippen LogP contribution in [0.3, 0.4) is 0 Å². The van der Waals surface area contributed by atoms with Crippen molar-refractivity contribution in [1.82, 2.24) is 0 Å². The highest BCUT2D eigenvalue weighted by Gasteiger charge is 2.30. The van der Waals surface area contributed by atoms with E-state index in [-0.39, 0.29) is 0 Å². The van der Waals surface area contributed by atoms with Crippen molar-refractivity contribution in [3.63, 3.8) is 0 Å². The molecule has 2 aliphatic rings. The van der Waals surface area contributed by atoms with Crippen LogP contribution in [0.1, 0.15) is 20.3 Å². The first kappa shape index (κ1) is 6.96. The van der Waals surface area contributed by atoms with Crippen LogP contribution in [0.4, 0.5) is 0 Å². The monoisotopic (exact) mass is 150 g/mol. The molecule has 1 saturated heterocycles. The highest BCUT2D eigenvalue weighted by atomic mass is 16.5. The molecule has 60 valence electrons. The van der Waals surface area contributed by atoms with Crippen molar-refractivity contribution in [2.45, 2.75) is 20.3 Å². The Morgan fingerprint density at radius 3 is 3.18 bits per heavy atom. The van der Waals surface area contributed by atoms with Crippen LogP contribution in [0, 0.1) is 11.8 Å². The van der Waals surface area contributed by atoms with Gasteiger partial charge in [-0.1, -0.05) is 18.6 Å². The predicted molar refractivity (Wildman–Crippen MR) is 45.1 cm³/mol. The second kappa shape index (κ2) is 2.40. The minimum atomic E-state index is 0.679. The van der Waals surface area contributed by atoms with E-state index in [9.17, 15) is 0 Å². The van der Waals surface area contributed by atoms with Crippen molar-refractivity contribution in [3.8, 4) is 0 Å². The summed E-state index contributed by atoms with van der Waals surface area (Å²) < 4.78 is 5.56. The summed E-state index contributed by atoms with van der Waals surface area (Å²) in [5, 5.41) is 0. The van der Waals surface area contributed by atoms with Crippen LogP contribution >= 0.6 is 0 Å². The number of allylic oxidation sites excluding steroid dienone is 4. The van der Waals surface area contributed by atoms with Gasteiger partial charge in [-0.2, -0.15) is 0 Å². The zero-order valence-corrected chi connectivity index (χ0v) is 7.13. The number of ether oxygens (including phenoxy) is 1. The molecule has 0 radical (unpaired) electrons. The maximum atomic E-state index is 5.56. The van der Waals surface area contributed by atoms with Gasteiger partial charge in [-0.15, -0.1) is 0 Å². The average Bonchev–Trinajstić information content (AvgIpc) is 2.32. The lowest BCUT2D eigenvalue weighted by Crippen LogP contribution is -2.08. The second-order valence-electron chi connectivity index (χ2n) is 3.63. The summed E-state index contributed by atoms with van der Waals surface area (Å²) in [5.74, 6) is 2.61. The third-order valence-electron chi connectivity index (χ3n) is 2.63. The molecule has 1 aliphatic carbocycles. The molecule has 1 heteroatoms. The van der Waals surface area contributed by atoms with E-state index in [0.29, 0.717) is 11.8 Å². The van der Waals surface area contributed by atoms with Crippen LogP contribution < -0.4 is 0 Å². The summed E-state index contributed by atoms with van der Waals surface area (Å²) in [6, 6.07) is 0. The lowest BCUT2D eigenvalue weighted by Gasteiger charge is -2.15. The van der Waals surface area contributed by atoms with E-state index in [0.717, 1.165) is 6.61 Å². The summed E-state index contributed by atoms with van der Waals surface area (Å²) in [6.45, 7) is 5.31. The Balaban J connectivity index is 2.23. The molecule has 0 aromatic rings. The second-order valence-corrected chi connectivity index (χ2v) is 3.63. The fraction of sp³-hybridized carbons (Fsp3) is 0.600. The molecule has 0 aromatic heterocycles. The molecule has 11 heavy (non-hydrogen) atoms. The van der Waals surface area contributed by atoms with Crippen molar-refractivity contribution >= 4 is 0 Å². The van der Waals surface area contributed by atoms with Crippen LogP contribution in [0.15, 0.2) is 23.5 Å². The van der Waals surface area contributed by atoms with Gasteiger partial charge in [0.25, 0.3) is 0 Å². The number of hydrogen-bond acceptors (Lipinski definition) is 1. The van der Waals surface area contributed by atoms with Gasteiger partial charge in [0.2, 0.25) is 0 Å². The Labute approximate surface area is 67.7 Å². The van der Waals surface area contributed by atoms with E-state index in [2.05, 4.69) is 26.0 Å². The van der Waals surface area contributed by atoms with Crippen molar-refractivity contribution in [1.29, 1.82) is 0 Å². The molecule has 0 saturated carbocycles. The summed E-state index contributed by atoms with van der Waals surface area (Å²) in [7, 11) is 0. The third kappa shape index (κ3) is 1.09. The van der Waals surface area contributed by atoms with Crippen LogP contribution in [0.2, 0.25) is 0 Å². The van der Waals surface area contributed by atoms with Gasteiger partial charge in [0.05, 0.1) is 12.4 Å². The van der Waals surface area contributed by atoms with Gasteiger partial charge in [-0.05, 0) is 19.4 Å². The summed E-state index contributed by atoms with van der Waals surface area (Å²) >= 11 is 0. The van der Waals surface area contributed by atoms with Gasteiger partial charge in [-0.25, -0.2) is 0 Å². The van der Waals surface area contributed by atoms with Crippen LogP contribution in [0.5, 0.6) is 0 Å². The largest absolute Gasteiger partial charge is 0.497 e. The molecule has 1 fully saturated rings. The van der Waals surface area contributed by atoms with Gasteiger partial charge in [0.1, 0.15) is 0 Å². The Morgan fingerprint density at radius 1 is 1.55 bits per heavy atom. The SMILES string of the molecule is CC1=CCC2C(=C1)OCC2C. The van der Waals surface area contributed by atoms with Gasteiger partial charge >= 0.3 is 0 Å². The standard InChI is InChI=1S/C10H14O/c1-7-3-4-9-8(2)6-11-10(9)5-7/h3,5,8-9H,4,6H2,1-2H3. The number of fused-ring (bicyclic) bond motifs is 1. The molecular weight excluding hydrogens is 136 g/mol. The van der Waals surface area contributed by atoms with Crippen LogP contribution in [-0.4, -0.2) is 6.61 Å². The van der Waals surface area contributed by atoms with E-state index in [1.807, 2.05) is 0 Å². The molecule has 2 unspecified atom stereocenters. The first-order valence-corrected chi connectivity index (χ1v) is 4.28. The molecule has 0 N–H and O–H groups in total. The fourth-order valence-corrected chi connectivity index (χ4v) is 1.82. The minimum Gasteiger partial charge on any atom is -0.497 e. The number of hydrogen-bond donors (Lipinski definition) is 0. The Hall–Kier alpha value is -0.720. The lowest BCUT2D eigenvalue weighted by molar-refractivity contribution is 0.245. The molecule has 0 spiro atoms. The highest BCUT2D eigenvalue weighted by Crippen LogP contribution is 2.36. The van der Waals surface area contributed by atoms with E-state index in [1.54, 1.807) is 0 Å². The summed E-state index contributed by atoms with van der Waals surface area (Å²) in [5.41, 5.74) is 1.35. The van der Waals surface area contributed by atoms with Gasteiger partial charge in [-0.3, -0.25) is 0 Å². The molecule has 2 atom stereocenters. The van der Waals surface area contributed by atoms with E-state index < -0.39 is 0 Å². The van der Waals surface area contributed by atoms with Gasteiger partial charge in [0, 0.05) is 11.8 Å². The van der Waals surface area contributed by atoms with Crippen LogP contribution in [-0.2, 0) is 4.74 Å². The molecule has 0 bridgehead atoms. The minimum absolute atomic E-state index is 0.679. The Kier molecular flexibility index (Phi) is 1.52. The molecule has 1 aliphatic heterocycles. The van der Waals surface area contributed by atoms with E-state index in [1.165, 1.54) is 17.8 Å². The zero-order chi connectivity index (χ0) is 7.84. The maximum absolute atomic E-state index is 5.56. The molecule has 0 aromatic carbocycles. The van der Waals surface area contributed by atoms with Gasteiger partial charge in [0.15, 0.2) is 0 Å². The van der Waals surface area contributed by atoms with Crippen LogP contribution in [0.25, 0.3) is 0 Å². The Bertz CT molecular complexity index is 225. The first-order chi connectivity index (χ1) is 5.27. The van der Waals surface area contributed by atoms with Crippen molar-refractivity contribution in [3.05, 3.63) is 23.5 Å². The molecular formula is C10H14O. The molecule has 0 amide bonds. The van der Waals surface area contributed by atoms with Crippen molar-refractivity contribution < 1.29 is 4.74 Å². The fourth-order valence-electron chi connectivity index (χ4n) is 1.82. The number of rotatable bonds is 0. The van der Waals surface area contributed by atoms with E-state index >= 15 is 0 Å². The highest BCUT2D eigenvalue weighted by molar-refractivity contribution is 5.27. The molecule has 1 nitrogen and oxygen atoms in total. The predicted octanol–water partition coefficient (Wildman–Crippen LogP) is 2.50. The Morgan fingerprint density at radius 2 is 2.36 bits per heavy atom. The third-order valence-corrected chi connectivity index (χ3v) is 2.63. The normalized spacial score (nSPS) is 35.5. The quantitative estimate of drug-likeness (QED) is 0.515. The first-order valence-electron chi connectivity index (χ1n) is 4.28. The lowest BCUT2D eigenvalue weighted by atomic mass is 9.88. The average molecular weight is 150 g/mol. The summed E-state index contributed by atoms with van der Waals surface area (Å²) in [6.07, 6.45) is 5.66. The topological polar surface area (TPSA) is 9.23 Å². The smallest absolute Gasteiger partial charge is 0.1000 e. The molecule has 2 rings (SSSR count). The van der Waals surface area contributed by atoms with Crippen molar-refractivity contribution in [2.24, 2.45) is 11.8 Å². The van der Waals surface area contributed by atoms with Gasteiger partial charge < -0.3 is 4.74 Å².